The maximum atomic E-state index is 11.0. The van der Waals surface area contributed by atoms with Gasteiger partial charge in [-0.3, -0.25) is 10.1 Å². The molecule has 2 heterocycles. The van der Waals surface area contributed by atoms with E-state index in [1.807, 2.05) is 6.07 Å². The van der Waals surface area contributed by atoms with Crippen LogP contribution in [0.2, 0.25) is 0 Å². The highest BCUT2D eigenvalue weighted by Crippen LogP contribution is 2.35. The van der Waals surface area contributed by atoms with Crippen molar-refractivity contribution in [2.75, 3.05) is 5.32 Å². The lowest BCUT2D eigenvalue weighted by Crippen LogP contribution is -2.11. The van der Waals surface area contributed by atoms with Crippen LogP contribution in [-0.2, 0) is 13.0 Å². The summed E-state index contributed by atoms with van der Waals surface area (Å²) in [5.41, 5.74) is 0.977. The highest BCUT2D eigenvalue weighted by Gasteiger charge is 2.21. The van der Waals surface area contributed by atoms with Gasteiger partial charge in [0, 0.05) is 29.5 Å². The molecule has 0 aliphatic heterocycles. The zero-order valence-electron chi connectivity index (χ0n) is 16.0. The number of nitro groups is 1. The second-order valence-corrected chi connectivity index (χ2v) is 8.45. The molecule has 1 aromatic carbocycles. The molecule has 1 aliphatic carbocycles. The average molecular weight is 397 g/mol. The van der Waals surface area contributed by atoms with Crippen molar-refractivity contribution in [2.45, 2.75) is 57.9 Å². The van der Waals surface area contributed by atoms with Gasteiger partial charge in [-0.15, -0.1) is 11.3 Å². The Morgan fingerprint density at radius 1 is 1.21 bits per heavy atom. The SMILES string of the molecule is CCc1cc2c(NCc3cccc([N+](=O)[O-])c3)nc(C3CCCCC3)nc2s1. The Kier molecular flexibility index (Phi) is 5.52. The molecule has 1 N–H and O–H groups in total. The summed E-state index contributed by atoms with van der Waals surface area (Å²) < 4.78 is 0. The molecule has 0 spiro atoms. The number of anilines is 1. The van der Waals surface area contributed by atoms with Crippen LogP contribution < -0.4 is 5.32 Å². The van der Waals surface area contributed by atoms with E-state index >= 15 is 0 Å². The minimum atomic E-state index is -0.361. The van der Waals surface area contributed by atoms with E-state index in [1.165, 1.54) is 30.2 Å². The second-order valence-electron chi connectivity index (χ2n) is 7.33. The van der Waals surface area contributed by atoms with E-state index < -0.39 is 0 Å². The number of hydrogen-bond acceptors (Lipinski definition) is 6. The van der Waals surface area contributed by atoms with E-state index in [9.17, 15) is 10.1 Å². The molecule has 7 heteroatoms. The number of rotatable bonds is 6. The third kappa shape index (κ3) is 3.99. The van der Waals surface area contributed by atoms with Crippen LogP contribution in [0.4, 0.5) is 11.5 Å². The highest BCUT2D eigenvalue weighted by atomic mass is 32.1. The molecule has 0 unspecified atom stereocenters. The summed E-state index contributed by atoms with van der Waals surface area (Å²) in [5, 5.41) is 15.5. The summed E-state index contributed by atoms with van der Waals surface area (Å²) in [4.78, 5) is 22.8. The van der Waals surface area contributed by atoms with Crippen molar-refractivity contribution in [3.05, 3.63) is 56.7 Å². The number of fused-ring (bicyclic) bond motifs is 1. The normalized spacial score (nSPS) is 15.0. The quantitative estimate of drug-likeness (QED) is 0.419. The molecule has 1 fully saturated rings. The van der Waals surface area contributed by atoms with Gasteiger partial charge in [0.15, 0.2) is 0 Å². The number of thiophene rings is 1. The molecule has 0 amide bonds. The van der Waals surface area contributed by atoms with Gasteiger partial charge in [0.25, 0.3) is 5.69 Å². The first-order valence-electron chi connectivity index (χ1n) is 9.91. The number of non-ortho nitro benzene ring substituents is 1. The number of aryl methyl sites for hydroxylation is 1. The van der Waals surface area contributed by atoms with Gasteiger partial charge in [-0.25, -0.2) is 9.97 Å². The van der Waals surface area contributed by atoms with Gasteiger partial charge >= 0.3 is 0 Å². The van der Waals surface area contributed by atoms with Crippen molar-refractivity contribution in [1.29, 1.82) is 0 Å². The van der Waals surface area contributed by atoms with Gasteiger partial charge in [-0.05, 0) is 30.9 Å². The number of hydrogen-bond donors (Lipinski definition) is 1. The number of benzene rings is 1. The zero-order chi connectivity index (χ0) is 19.5. The molecular formula is C21H24N4O2S. The van der Waals surface area contributed by atoms with E-state index in [2.05, 4.69) is 18.3 Å². The molecule has 6 nitrogen and oxygen atoms in total. The lowest BCUT2D eigenvalue weighted by Gasteiger charge is -2.21. The lowest BCUT2D eigenvalue weighted by atomic mass is 9.88. The van der Waals surface area contributed by atoms with Gasteiger partial charge in [0.05, 0.1) is 10.3 Å². The standard InChI is InChI=1S/C21H24N4O2S/c1-2-17-12-18-20(22-13-14-7-6-10-16(11-14)25(26)27)23-19(24-21(18)28-17)15-8-4-3-5-9-15/h6-7,10-12,15H,2-5,8-9,13H2,1H3,(H,22,23,24). The van der Waals surface area contributed by atoms with E-state index in [-0.39, 0.29) is 10.6 Å². The molecule has 0 radical (unpaired) electrons. The maximum Gasteiger partial charge on any atom is 0.269 e. The van der Waals surface area contributed by atoms with Crippen molar-refractivity contribution in [3.63, 3.8) is 0 Å². The molecule has 0 bridgehead atoms. The molecule has 0 saturated heterocycles. The smallest absolute Gasteiger partial charge is 0.269 e. The van der Waals surface area contributed by atoms with Crippen LogP contribution in [0.15, 0.2) is 30.3 Å². The minimum absolute atomic E-state index is 0.110. The monoisotopic (exact) mass is 396 g/mol. The summed E-state index contributed by atoms with van der Waals surface area (Å²) in [6.45, 7) is 2.64. The van der Waals surface area contributed by atoms with Crippen LogP contribution >= 0.6 is 11.3 Å². The highest BCUT2D eigenvalue weighted by molar-refractivity contribution is 7.18. The fourth-order valence-electron chi connectivity index (χ4n) is 3.81. The number of nitro benzene ring substituents is 1. The summed E-state index contributed by atoms with van der Waals surface area (Å²) in [6, 6.07) is 8.91. The van der Waals surface area contributed by atoms with Crippen LogP contribution in [0.5, 0.6) is 0 Å². The van der Waals surface area contributed by atoms with Crippen LogP contribution in [0, 0.1) is 10.1 Å². The van der Waals surface area contributed by atoms with Gasteiger partial charge < -0.3 is 5.32 Å². The largest absolute Gasteiger partial charge is 0.365 e. The van der Waals surface area contributed by atoms with E-state index in [0.717, 1.165) is 46.7 Å². The fraction of sp³-hybridized carbons (Fsp3) is 0.429. The molecule has 2 aromatic heterocycles. The van der Waals surface area contributed by atoms with Gasteiger partial charge in [-0.2, -0.15) is 0 Å². The van der Waals surface area contributed by atoms with Crippen molar-refractivity contribution in [3.8, 4) is 0 Å². The summed E-state index contributed by atoms with van der Waals surface area (Å²) in [7, 11) is 0. The predicted molar refractivity (Wildman–Crippen MR) is 113 cm³/mol. The third-order valence-corrected chi connectivity index (χ3v) is 6.53. The second kappa shape index (κ2) is 8.22. The number of nitrogens with zero attached hydrogens (tertiary/aromatic N) is 3. The first kappa shape index (κ1) is 18.8. The summed E-state index contributed by atoms with van der Waals surface area (Å²) in [6.07, 6.45) is 7.07. The molecule has 146 valence electrons. The maximum absolute atomic E-state index is 11.0. The Morgan fingerprint density at radius 3 is 2.79 bits per heavy atom. The van der Waals surface area contributed by atoms with Crippen LogP contribution in [0.25, 0.3) is 10.2 Å². The van der Waals surface area contributed by atoms with Crippen LogP contribution in [0.1, 0.15) is 61.2 Å². The molecule has 28 heavy (non-hydrogen) atoms. The third-order valence-electron chi connectivity index (χ3n) is 5.36. The molecule has 4 rings (SSSR count). The fourth-order valence-corrected chi connectivity index (χ4v) is 4.78. The van der Waals surface area contributed by atoms with Crippen molar-refractivity contribution < 1.29 is 4.92 Å². The van der Waals surface area contributed by atoms with Crippen molar-refractivity contribution in [2.24, 2.45) is 0 Å². The summed E-state index contributed by atoms with van der Waals surface area (Å²) in [5.74, 6) is 2.22. The molecule has 3 aromatic rings. The Morgan fingerprint density at radius 2 is 2.04 bits per heavy atom. The molecule has 1 saturated carbocycles. The van der Waals surface area contributed by atoms with Gasteiger partial charge in [0.2, 0.25) is 0 Å². The Balaban J connectivity index is 1.65. The molecular weight excluding hydrogens is 372 g/mol. The topological polar surface area (TPSA) is 81.0 Å². The minimum Gasteiger partial charge on any atom is -0.365 e. The molecule has 0 atom stereocenters. The Hall–Kier alpha value is -2.54. The average Bonchev–Trinajstić information content (AvgIpc) is 3.16. The Labute approximate surface area is 168 Å². The van der Waals surface area contributed by atoms with E-state index in [1.54, 1.807) is 23.5 Å². The zero-order valence-corrected chi connectivity index (χ0v) is 16.8. The van der Waals surface area contributed by atoms with Gasteiger partial charge in [-0.1, -0.05) is 38.3 Å². The molecule has 1 aliphatic rings. The lowest BCUT2D eigenvalue weighted by molar-refractivity contribution is -0.384. The first-order valence-corrected chi connectivity index (χ1v) is 10.7. The predicted octanol–water partition coefficient (Wildman–Crippen LogP) is 5.82. The van der Waals surface area contributed by atoms with Crippen molar-refractivity contribution in [1.82, 2.24) is 9.97 Å². The summed E-state index contributed by atoms with van der Waals surface area (Å²) >= 11 is 1.74. The van der Waals surface area contributed by atoms with E-state index in [4.69, 9.17) is 9.97 Å². The number of aromatic nitrogens is 2. The van der Waals surface area contributed by atoms with Gasteiger partial charge in [0.1, 0.15) is 16.5 Å². The van der Waals surface area contributed by atoms with E-state index in [0.29, 0.717) is 12.5 Å². The first-order chi connectivity index (χ1) is 13.6. The number of nitrogens with one attached hydrogen (secondary N) is 1. The Bertz CT molecular complexity index is 995. The van der Waals surface area contributed by atoms with Crippen LogP contribution in [-0.4, -0.2) is 14.9 Å². The van der Waals surface area contributed by atoms with Crippen molar-refractivity contribution >= 4 is 33.1 Å². The van der Waals surface area contributed by atoms with Crippen LogP contribution in [0.3, 0.4) is 0 Å².